The van der Waals surface area contributed by atoms with Gasteiger partial charge in [0.2, 0.25) is 16.8 Å². The van der Waals surface area contributed by atoms with Gasteiger partial charge in [0.1, 0.15) is 15.9 Å². The number of pyridine rings is 1. The lowest BCUT2D eigenvalue weighted by Gasteiger charge is -2.23. The second-order valence-corrected chi connectivity index (χ2v) is 11.4. The molecule has 9 nitrogen and oxygen atoms in total. The van der Waals surface area contributed by atoms with Crippen LogP contribution in [0.1, 0.15) is 22.3 Å². The number of rotatable bonds is 6. The SMILES string of the molecule is Cc1cc2cc(CN(Cc3ccc4c(c3)OCO4)S(=O)(=O)c3cccc4nsnc34)c(=O)[nH]c2cc1C. The molecule has 37 heavy (non-hydrogen) atoms. The molecule has 0 unspecified atom stereocenters. The van der Waals surface area contributed by atoms with Crippen molar-refractivity contribution in [1.29, 1.82) is 0 Å². The maximum absolute atomic E-state index is 14.1. The molecule has 0 fully saturated rings. The predicted octanol–water partition coefficient (Wildman–Crippen LogP) is 4.27. The predicted molar refractivity (Wildman–Crippen MR) is 140 cm³/mol. The average molecular weight is 535 g/mol. The topological polar surface area (TPSA) is 114 Å². The molecule has 1 aliphatic heterocycles. The minimum absolute atomic E-state index is 0.0112. The molecular formula is C26H22N4O5S2. The molecule has 3 aromatic carbocycles. The fourth-order valence-electron chi connectivity index (χ4n) is 4.43. The van der Waals surface area contributed by atoms with Crippen LogP contribution in [0.5, 0.6) is 11.5 Å². The summed E-state index contributed by atoms with van der Waals surface area (Å²) in [6.45, 7) is 3.97. The average Bonchev–Trinajstić information content (AvgIpc) is 3.54. The van der Waals surface area contributed by atoms with Gasteiger partial charge in [0, 0.05) is 24.2 Å². The van der Waals surface area contributed by atoms with Crippen molar-refractivity contribution in [3.63, 3.8) is 0 Å². The highest BCUT2D eigenvalue weighted by Crippen LogP contribution is 2.34. The third-order valence-electron chi connectivity index (χ3n) is 6.54. The Morgan fingerprint density at radius 3 is 2.65 bits per heavy atom. The number of aromatic amines is 1. The number of hydrogen-bond acceptors (Lipinski definition) is 8. The van der Waals surface area contributed by atoms with E-state index in [9.17, 15) is 13.2 Å². The van der Waals surface area contributed by atoms with Crippen molar-refractivity contribution in [3.05, 3.63) is 87.2 Å². The fourth-order valence-corrected chi connectivity index (χ4v) is 6.59. The van der Waals surface area contributed by atoms with E-state index < -0.39 is 10.0 Å². The molecule has 0 saturated carbocycles. The number of hydrogen-bond donors (Lipinski definition) is 1. The van der Waals surface area contributed by atoms with E-state index in [1.54, 1.807) is 36.4 Å². The molecule has 0 atom stereocenters. The standard InChI is InChI=1S/C26H22N4O5S2/c1-15-8-18-11-19(26(31)27-21(18)9-16(15)2)13-30(12-17-6-7-22-23(10-17)35-14-34-22)37(32,33)24-5-3-4-20-25(24)29-36-28-20/h3-11H,12-14H2,1-2H3,(H,27,31). The first-order valence-corrected chi connectivity index (χ1v) is 13.7. The van der Waals surface area contributed by atoms with E-state index in [0.717, 1.165) is 28.2 Å². The van der Waals surface area contributed by atoms with Crippen LogP contribution in [0.3, 0.4) is 0 Å². The van der Waals surface area contributed by atoms with Gasteiger partial charge in [-0.2, -0.15) is 13.1 Å². The number of aryl methyl sites for hydroxylation is 2. The third-order valence-corrected chi connectivity index (χ3v) is 8.91. The number of nitrogens with zero attached hydrogens (tertiary/aromatic N) is 3. The van der Waals surface area contributed by atoms with Gasteiger partial charge in [0.05, 0.1) is 11.7 Å². The summed E-state index contributed by atoms with van der Waals surface area (Å²) in [4.78, 5) is 16.0. The smallest absolute Gasteiger partial charge is 0.252 e. The number of fused-ring (bicyclic) bond motifs is 3. The molecule has 0 saturated heterocycles. The molecular weight excluding hydrogens is 512 g/mol. The van der Waals surface area contributed by atoms with Gasteiger partial charge in [0.15, 0.2) is 11.5 Å². The molecule has 1 N–H and O–H groups in total. The Kier molecular flexibility index (Phi) is 5.70. The van der Waals surface area contributed by atoms with Gasteiger partial charge in [-0.1, -0.05) is 12.1 Å². The fraction of sp³-hybridized carbons (Fsp3) is 0.192. The van der Waals surface area contributed by atoms with Crippen LogP contribution in [-0.4, -0.2) is 33.2 Å². The first kappa shape index (κ1) is 23.6. The second kappa shape index (κ2) is 8.94. The van der Waals surface area contributed by atoms with Crippen molar-refractivity contribution in [2.75, 3.05) is 6.79 Å². The Morgan fingerprint density at radius 2 is 1.78 bits per heavy atom. The lowest BCUT2D eigenvalue weighted by Crippen LogP contribution is -2.32. The zero-order chi connectivity index (χ0) is 25.7. The molecule has 0 bridgehead atoms. The minimum Gasteiger partial charge on any atom is -0.454 e. The molecule has 0 radical (unpaired) electrons. The Bertz CT molecular complexity index is 1850. The van der Waals surface area contributed by atoms with E-state index in [2.05, 4.69) is 13.7 Å². The maximum Gasteiger partial charge on any atom is 0.252 e. The Labute approximate surface area is 216 Å². The number of H-pyrrole nitrogens is 1. The number of ether oxygens (including phenoxy) is 2. The van der Waals surface area contributed by atoms with E-state index in [4.69, 9.17) is 9.47 Å². The summed E-state index contributed by atoms with van der Waals surface area (Å²) in [6.07, 6.45) is 0. The molecule has 6 rings (SSSR count). The molecule has 0 spiro atoms. The van der Waals surface area contributed by atoms with Crippen LogP contribution < -0.4 is 15.0 Å². The van der Waals surface area contributed by atoms with E-state index in [1.165, 1.54) is 10.4 Å². The summed E-state index contributed by atoms with van der Waals surface area (Å²) in [7, 11) is -4.08. The summed E-state index contributed by atoms with van der Waals surface area (Å²) in [6, 6.07) is 15.8. The van der Waals surface area contributed by atoms with Gasteiger partial charge in [-0.3, -0.25) is 4.79 Å². The van der Waals surface area contributed by atoms with Crippen molar-refractivity contribution in [2.24, 2.45) is 0 Å². The zero-order valence-electron chi connectivity index (χ0n) is 20.0. The zero-order valence-corrected chi connectivity index (χ0v) is 21.6. The molecule has 0 amide bonds. The van der Waals surface area contributed by atoms with Gasteiger partial charge in [0.25, 0.3) is 5.56 Å². The Morgan fingerprint density at radius 1 is 0.973 bits per heavy atom. The van der Waals surface area contributed by atoms with Crippen molar-refractivity contribution >= 4 is 43.7 Å². The Balaban J connectivity index is 1.46. The highest BCUT2D eigenvalue weighted by Gasteiger charge is 2.29. The molecule has 11 heteroatoms. The van der Waals surface area contributed by atoms with E-state index in [-0.39, 0.29) is 30.3 Å². The van der Waals surface area contributed by atoms with Crippen LogP contribution in [0.2, 0.25) is 0 Å². The monoisotopic (exact) mass is 534 g/mol. The summed E-state index contributed by atoms with van der Waals surface area (Å²) < 4.78 is 48.7. The second-order valence-electron chi connectivity index (χ2n) is 9.00. The molecule has 0 aliphatic carbocycles. The van der Waals surface area contributed by atoms with Crippen LogP contribution in [0, 0.1) is 13.8 Å². The van der Waals surface area contributed by atoms with Crippen molar-refractivity contribution in [3.8, 4) is 11.5 Å². The summed E-state index contributed by atoms with van der Waals surface area (Å²) >= 11 is 0.954. The van der Waals surface area contributed by atoms with Crippen LogP contribution in [0.25, 0.3) is 21.9 Å². The molecule has 188 valence electrons. The maximum atomic E-state index is 14.1. The van der Waals surface area contributed by atoms with E-state index in [1.807, 2.05) is 26.0 Å². The Hall–Kier alpha value is -3.80. The number of sulfonamides is 1. The largest absolute Gasteiger partial charge is 0.454 e. The van der Waals surface area contributed by atoms with Crippen molar-refractivity contribution < 1.29 is 17.9 Å². The summed E-state index contributed by atoms with van der Waals surface area (Å²) in [5.74, 6) is 1.16. The molecule has 1 aliphatic rings. The third kappa shape index (κ3) is 4.24. The van der Waals surface area contributed by atoms with Crippen LogP contribution in [0.4, 0.5) is 0 Å². The minimum atomic E-state index is -4.08. The lowest BCUT2D eigenvalue weighted by molar-refractivity contribution is 0.174. The lowest BCUT2D eigenvalue weighted by atomic mass is 10.0. The van der Waals surface area contributed by atoms with Crippen LogP contribution in [0.15, 0.2) is 64.3 Å². The van der Waals surface area contributed by atoms with Crippen molar-refractivity contribution in [2.45, 2.75) is 31.8 Å². The molecule has 2 aromatic heterocycles. The molecule has 3 heterocycles. The van der Waals surface area contributed by atoms with Gasteiger partial charge < -0.3 is 14.5 Å². The van der Waals surface area contributed by atoms with Gasteiger partial charge >= 0.3 is 0 Å². The normalized spacial score (nSPS) is 13.2. The quantitative estimate of drug-likeness (QED) is 0.346. The summed E-state index contributed by atoms with van der Waals surface area (Å²) in [5.41, 5.74) is 4.36. The first-order chi connectivity index (χ1) is 17.8. The first-order valence-electron chi connectivity index (χ1n) is 11.5. The van der Waals surface area contributed by atoms with E-state index in [0.29, 0.717) is 39.2 Å². The molecule has 5 aromatic rings. The van der Waals surface area contributed by atoms with Crippen LogP contribution >= 0.6 is 11.7 Å². The number of nitrogens with one attached hydrogen (secondary N) is 1. The van der Waals surface area contributed by atoms with E-state index >= 15 is 0 Å². The number of benzene rings is 3. The highest BCUT2D eigenvalue weighted by atomic mass is 32.2. The van der Waals surface area contributed by atoms with Crippen LogP contribution in [-0.2, 0) is 23.1 Å². The number of aromatic nitrogens is 3. The highest BCUT2D eigenvalue weighted by molar-refractivity contribution is 7.89. The summed E-state index contributed by atoms with van der Waals surface area (Å²) in [5, 5.41) is 0.837. The van der Waals surface area contributed by atoms with Gasteiger partial charge in [-0.15, -0.1) is 0 Å². The van der Waals surface area contributed by atoms with Crippen molar-refractivity contribution in [1.82, 2.24) is 18.0 Å². The van der Waals surface area contributed by atoms with Gasteiger partial charge in [-0.25, -0.2) is 8.42 Å². The van der Waals surface area contributed by atoms with Gasteiger partial charge in [-0.05, 0) is 78.4 Å².